The first-order valence-corrected chi connectivity index (χ1v) is 6.10. The molecule has 1 fully saturated rings. The molecule has 1 aromatic rings. The molecule has 0 aromatic heterocycles. The van der Waals surface area contributed by atoms with Gasteiger partial charge in [0, 0.05) is 6.04 Å². The number of rotatable bonds is 2. The number of nitrogens with one attached hydrogen (secondary N) is 1. The topological polar surface area (TPSA) is 41.5 Å². The maximum Gasteiger partial charge on any atom is 0.171 e. The van der Waals surface area contributed by atoms with Gasteiger partial charge in [-0.2, -0.15) is 0 Å². The van der Waals surface area contributed by atoms with E-state index in [1.807, 2.05) is 12.1 Å². The van der Waals surface area contributed by atoms with Gasteiger partial charge in [-0.25, -0.2) is 0 Å². The second-order valence-electron chi connectivity index (χ2n) is 3.70. The minimum atomic E-state index is 0.236. The highest BCUT2D eigenvalue weighted by molar-refractivity contribution is 14.1. The van der Waals surface area contributed by atoms with Gasteiger partial charge in [0.1, 0.15) is 0 Å². The van der Waals surface area contributed by atoms with Crippen LogP contribution in [0.2, 0.25) is 0 Å². The fourth-order valence-corrected chi connectivity index (χ4v) is 2.55. The number of hydrogen-bond donors (Lipinski definition) is 2. The number of benzene rings is 1. The third-order valence-electron chi connectivity index (χ3n) is 2.73. The zero-order chi connectivity index (χ0) is 10.8. The summed E-state index contributed by atoms with van der Waals surface area (Å²) in [7, 11) is 1.58. The number of aromatic hydroxyl groups is 1. The number of phenols is 1. The molecule has 15 heavy (non-hydrogen) atoms. The summed E-state index contributed by atoms with van der Waals surface area (Å²) in [6.45, 7) is 1.07. The number of ether oxygens (including phenoxy) is 1. The first-order valence-electron chi connectivity index (χ1n) is 5.02. The van der Waals surface area contributed by atoms with Gasteiger partial charge < -0.3 is 15.2 Å². The second kappa shape index (κ2) is 4.57. The van der Waals surface area contributed by atoms with E-state index in [2.05, 4.69) is 27.9 Å². The monoisotopic (exact) mass is 319 g/mol. The van der Waals surface area contributed by atoms with E-state index in [-0.39, 0.29) is 5.75 Å². The lowest BCUT2D eigenvalue weighted by Gasteiger charge is -2.14. The van der Waals surface area contributed by atoms with Crippen LogP contribution in [0.1, 0.15) is 24.4 Å². The summed E-state index contributed by atoms with van der Waals surface area (Å²) >= 11 is 2.13. The van der Waals surface area contributed by atoms with Crippen LogP contribution in [0, 0.1) is 3.57 Å². The summed E-state index contributed by atoms with van der Waals surface area (Å²) in [6, 6.07) is 4.34. The van der Waals surface area contributed by atoms with Crippen molar-refractivity contribution in [3.8, 4) is 11.5 Å². The van der Waals surface area contributed by atoms with Crippen molar-refractivity contribution in [3.05, 3.63) is 21.3 Å². The maximum absolute atomic E-state index is 9.71. The molecule has 1 atom stereocenters. The van der Waals surface area contributed by atoms with E-state index in [1.54, 1.807) is 7.11 Å². The molecule has 2 rings (SSSR count). The SMILES string of the molecule is COc1cc(C2CCCN2)cc(I)c1O. The fourth-order valence-electron chi connectivity index (χ4n) is 1.92. The molecule has 0 bridgehead atoms. The molecule has 1 aromatic carbocycles. The van der Waals surface area contributed by atoms with Crippen LogP contribution in [0.4, 0.5) is 0 Å². The van der Waals surface area contributed by atoms with Gasteiger partial charge in [-0.3, -0.25) is 0 Å². The average Bonchev–Trinajstić information content (AvgIpc) is 2.75. The zero-order valence-corrected chi connectivity index (χ0v) is 10.7. The van der Waals surface area contributed by atoms with Crippen molar-refractivity contribution in [2.45, 2.75) is 18.9 Å². The highest BCUT2D eigenvalue weighted by atomic mass is 127. The lowest BCUT2D eigenvalue weighted by Crippen LogP contribution is -2.13. The molecule has 4 heteroatoms. The Balaban J connectivity index is 2.35. The van der Waals surface area contributed by atoms with Crippen LogP contribution < -0.4 is 10.1 Å². The van der Waals surface area contributed by atoms with Crippen LogP contribution in [0.5, 0.6) is 11.5 Å². The Morgan fingerprint density at radius 2 is 2.33 bits per heavy atom. The van der Waals surface area contributed by atoms with Crippen molar-refractivity contribution >= 4 is 22.6 Å². The van der Waals surface area contributed by atoms with Crippen molar-refractivity contribution in [3.63, 3.8) is 0 Å². The Bertz CT molecular complexity index is 362. The van der Waals surface area contributed by atoms with Crippen molar-refractivity contribution in [1.82, 2.24) is 5.32 Å². The van der Waals surface area contributed by atoms with Crippen molar-refractivity contribution in [1.29, 1.82) is 0 Å². The van der Waals surface area contributed by atoms with E-state index in [9.17, 15) is 5.11 Å². The number of halogens is 1. The van der Waals surface area contributed by atoms with Gasteiger partial charge in [0.15, 0.2) is 11.5 Å². The number of methoxy groups -OCH3 is 1. The molecule has 0 radical (unpaired) electrons. The van der Waals surface area contributed by atoms with Crippen LogP contribution in [-0.2, 0) is 0 Å². The zero-order valence-electron chi connectivity index (χ0n) is 8.59. The molecule has 0 aliphatic carbocycles. The normalized spacial score (nSPS) is 20.5. The van der Waals surface area contributed by atoms with Gasteiger partial charge >= 0.3 is 0 Å². The first-order chi connectivity index (χ1) is 7.22. The van der Waals surface area contributed by atoms with Gasteiger partial charge in [-0.15, -0.1) is 0 Å². The minimum absolute atomic E-state index is 0.236. The van der Waals surface area contributed by atoms with Crippen molar-refractivity contribution in [2.24, 2.45) is 0 Å². The summed E-state index contributed by atoms with van der Waals surface area (Å²) in [4.78, 5) is 0. The fraction of sp³-hybridized carbons (Fsp3) is 0.455. The van der Waals surface area contributed by atoms with Crippen LogP contribution >= 0.6 is 22.6 Å². The molecule has 1 aliphatic heterocycles. The molecule has 82 valence electrons. The Labute approximate surface area is 103 Å². The van der Waals surface area contributed by atoms with Gasteiger partial charge in [0.2, 0.25) is 0 Å². The van der Waals surface area contributed by atoms with Gasteiger partial charge in [0.05, 0.1) is 10.7 Å². The quantitative estimate of drug-likeness (QED) is 0.823. The van der Waals surface area contributed by atoms with Crippen molar-refractivity contribution in [2.75, 3.05) is 13.7 Å². The predicted molar refractivity (Wildman–Crippen MR) is 67.4 cm³/mol. The molecule has 0 spiro atoms. The Kier molecular flexibility index (Phi) is 3.35. The maximum atomic E-state index is 9.71. The highest BCUT2D eigenvalue weighted by Gasteiger charge is 2.19. The molecule has 1 aliphatic rings. The van der Waals surface area contributed by atoms with E-state index in [0.29, 0.717) is 11.8 Å². The van der Waals surface area contributed by atoms with Gasteiger partial charge in [-0.1, -0.05) is 0 Å². The average molecular weight is 319 g/mol. The molecule has 0 saturated carbocycles. The Morgan fingerprint density at radius 3 is 2.93 bits per heavy atom. The summed E-state index contributed by atoms with van der Waals surface area (Å²) < 4.78 is 5.99. The minimum Gasteiger partial charge on any atom is -0.504 e. The first kappa shape index (κ1) is 11.0. The second-order valence-corrected chi connectivity index (χ2v) is 4.86. The van der Waals surface area contributed by atoms with Crippen LogP contribution in [0.3, 0.4) is 0 Å². The lowest BCUT2D eigenvalue weighted by atomic mass is 10.0. The molecule has 1 saturated heterocycles. The third kappa shape index (κ3) is 2.20. The number of phenolic OH excluding ortho intramolecular Hbond substituents is 1. The summed E-state index contributed by atoms with van der Waals surface area (Å²) in [5, 5.41) is 13.1. The van der Waals surface area contributed by atoms with E-state index in [4.69, 9.17) is 4.74 Å². The largest absolute Gasteiger partial charge is 0.504 e. The standard InChI is InChI=1S/C11H14INO2/c1-15-10-6-7(5-8(12)11(10)14)9-3-2-4-13-9/h5-6,9,13-14H,2-4H2,1H3. The highest BCUT2D eigenvalue weighted by Crippen LogP contribution is 2.36. The summed E-state index contributed by atoms with van der Waals surface area (Å²) in [5.74, 6) is 0.797. The summed E-state index contributed by atoms with van der Waals surface area (Å²) in [6.07, 6.45) is 2.37. The summed E-state index contributed by atoms with van der Waals surface area (Å²) in [5.41, 5.74) is 1.20. The molecule has 0 amide bonds. The van der Waals surface area contributed by atoms with Crippen LogP contribution in [0.15, 0.2) is 12.1 Å². The molecular formula is C11H14INO2. The molecule has 2 N–H and O–H groups in total. The molecule has 1 heterocycles. The molecule has 1 unspecified atom stereocenters. The lowest BCUT2D eigenvalue weighted by molar-refractivity contribution is 0.370. The van der Waals surface area contributed by atoms with E-state index in [1.165, 1.54) is 12.0 Å². The van der Waals surface area contributed by atoms with Gasteiger partial charge in [0.25, 0.3) is 0 Å². The third-order valence-corrected chi connectivity index (χ3v) is 3.56. The van der Waals surface area contributed by atoms with Crippen LogP contribution in [-0.4, -0.2) is 18.8 Å². The number of hydrogen-bond acceptors (Lipinski definition) is 3. The smallest absolute Gasteiger partial charge is 0.171 e. The molecule has 3 nitrogen and oxygen atoms in total. The van der Waals surface area contributed by atoms with E-state index >= 15 is 0 Å². The van der Waals surface area contributed by atoms with E-state index < -0.39 is 0 Å². The van der Waals surface area contributed by atoms with Crippen LogP contribution in [0.25, 0.3) is 0 Å². The molecular weight excluding hydrogens is 305 g/mol. The van der Waals surface area contributed by atoms with E-state index in [0.717, 1.165) is 16.5 Å². The van der Waals surface area contributed by atoms with Crippen molar-refractivity contribution < 1.29 is 9.84 Å². The predicted octanol–water partition coefficient (Wildman–Crippen LogP) is 2.43. The Hall–Kier alpha value is -0.490. The van der Waals surface area contributed by atoms with Gasteiger partial charge in [-0.05, 0) is 59.7 Å². The Morgan fingerprint density at radius 1 is 1.53 bits per heavy atom.